The molecule has 1 aliphatic heterocycles. The van der Waals surface area contributed by atoms with Gasteiger partial charge in [0.1, 0.15) is 5.84 Å². The zero-order valence-electron chi connectivity index (χ0n) is 18.2. The molecule has 1 aliphatic carbocycles. The van der Waals surface area contributed by atoms with E-state index < -0.39 is 0 Å². The Kier molecular flexibility index (Phi) is 5.53. The summed E-state index contributed by atoms with van der Waals surface area (Å²) in [5, 5.41) is 14.4. The second kappa shape index (κ2) is 8.61. The van der Waals surface area contributed by atoms with Gasteiger partial charge in [-0.25, -0.2) is 5.10 Å². The largest absolute Gasteiger partial charge is 0.354 e. The summed E-state index contributed by atoms with van der Waals surface area (Å²) in [6.07, 6.45) is 8.71. The predicted octanol–water partition coefficient (Wildman–Crippen LogP) is 5.25. The molecule has 2 heterocycles. The van der Waals surface area contributed by atoms with Gasteiger partial charge in [-0.1, -0.05) is 74.7 Å². The van der Waals surface area contributed by atoms with Crippen LogP contribution in [-0.2, 0) is 6.54 Å². The molecule has 0 bridgehead atoms. The molecule has 0 amide bonds. The third kappa shape index (κ3) is 4.11. The van der Waals surface area contributed by atoms with Gasteiger partial charge < -0.3 is 4.90 Å². The number of aliphatic imine (C=N–C) groups is 1. The van der Waals surface area contributed by atoms with Crippen LogP contribution in [0.5, 0.6) is 0 Å². The fourth-order valence-electron chi connectivity index (χ4n) is 5.05. The molecular weight excluding hydrogens is 384 g/mol. The van der Waals surface area contributed by atoms with Crippen LogP contribution >= 0.6 is 0 Å². The van der Waals surface area contributed by atoms with E-state index in [1.54, 1.807) is 0 Å². The molecule has 2 aliphatic rings. The fraction of sp³-hybridized carbons (Fsp3) is 0.440. The monoisotopic (exact) mass is 414 g/mol. The molecule has 0 radical (unpaired) electrons. The summed E-state index contributed by atoms with van der Waals surface area (Å²) in [5.41, 5.74) is 4.85. The van der Waals surface area contributed by atoms with Crippen LogP contribution in [0.4, 0.5) is 0 Å². The number of aromatic nitrogens is 4. The van der Waals surface area contributed by atoms with Gasteiger partial charge in [0.2, 0.25) is 0 Å². The number of benzene rings is 2. The lowest BCUT2D eigenvalue weighted by molar-refractivity contribution is 0.336. The first-order chi connectivity index (χ1) is 15.3. The Balaban J connectivity index is 1.35. The summed E-state index contributed by atoms with van der Waals surface area (Å²) >= 11 is 0. The molecular formula is C25H30N6. The topological polar surface area (TPSA) is 70.1 Å². The lowest BCUT2D eigenvalue weighted by Crippen LogP contribution is -2.33. The van der Waals surface area contributed by atoms with Crippen LogP contribution < -0.4 is 0 Å². The Morgan fingerprint density at radius 2 is 1.77 bits per heavy atom. The van der Waals surface area contributed by atoms with Crippen molar-refractivity contribution in [3.63, 3.8) is 0 Å². The first kappa shape index (κ1) is 19.9. The quantitative estimate of drug-likeness (QED) is 0.573. The van der Waals surface area contributed by atoms with Crippen LogP contribution in [0.15, 0.2) is 53.5 Å². The van der Waals surface area contributed by atoms with E-state index in [4.69, 9.17) is 4.99 Å². The van der Waals surface area contributed by atoms with Crippen LogP contribution in [0.3, 0.4) is 0 Å². The zero-order chi connectivity index (χ0) is 21.1. The van der Waals surface area contributed by atoms with E-state index in [2.05, 4.69) is 68.8 Å². The molecule has 2 aromatic carbocycles. The standard InChI is InChI=1S/C25H30N6/c1-2-3-10-23-26-25(15-6-7-16-25)18-31(23)17-19-11-13-20(14-12-19)21-8-4-5-9-22(21)24-27-29-30-28-24/h4-5,8-9,11-14H,2-3,6-7,10,15-18H2,1H3,(H,27,28,29,30). The zero-order valence-corrected chi connectivity index (χ0v) is 18.2. The molecule has 0 unspecified atom stereocenters. The molecule has 1 saturated carbocycles. The minimum atomic E-state index is 0.201. The Labute approximate surface area is 183 Å². The highest BCUT2D eigenvalue weighted by Gasteiger charge is 2.40. The van der Waals surface area contributed by atoms with Crippen molar-refractivity contribution < 1.29 is 0 Å². The summed E-state index contributed by atoms with van der Waals surface area (Å²) < 4.78 is 0. The van der Waals surface area contributed by atoms with Crippen molar-refractivity contribution in [3.8, 4) is 22.5 Å². The van der Waals surface area contributed by atoms with Gasteiger partial charge in [0, 0.05) is 25.1 Å². The molecule has 1 N–H and O–H groups in total. The molecule has 3 aromatic rings. The molecule has 0 atom stereocenters. The van der Waals surface area contributed by atoms with Gasteiger partial charge in [-0.2, -0.15) is 0 Å². The van der Waals surface area contributed by atoms with Crippen molar-refractivity contribution in [1.29, 1.82) is 0 Å². The summed E-state index contributed by atoms with van der Waals surface area (Å²) in [5.74, 6) is 2.02. The number of amidine groups is 1. The predicted molar refractivity (Wildman–Crippen MR) is 124 cm³/mol. The number of unbranched alkanes of at least 4 members (excludes halogenated alkanes) is 1. The van der Waals surface area contributed by atoms with E-state index in [0.29, 0.717) is 5.82 Å². The number of tetrazole rings is 1. The number of nitrogens with zero attached hydrogens (tertiary/aromatic N) is 5. The maximum absolute atomic E-state index is 5.26. The second-order valence-corrected chi connectivity index (χ2v) is 8.91. The van der Waals surface area contributed by atoms with E-state index in [9.17, 15) is 0 Å². The SMILES string of the molecule is CCCCC1=NC2(CCCC2)CN1Cc1ccc(-c2ccccc2-c2nnn[nH]2)cc1. The molecule has 0 saturated heterocycles. The van der Waals surface area contributed by atoms with Crippen LogP contribution in [0.1, 0.15) is 57.4 Å². The third-order valence-electron chi connectivity index (χ3n) is 6.67. The van der Waals surface area contributed by atoms with Crippen molar-refractivity contribution in [3.05, 3.63) is 54.1 Å². The lowest BCUT2D eigenvalue weighted by Gasteiger charge is -2.25. The van der Waals surface area contributed by atoms with Gasteiger partial charge in [0.25, 0.3) is 0 Å². The number of H-pyrrole nitrogens is 1. The Hall–Kier alpha value is -3.02. The summed E-state index contributed by atoms with van der Waals surface area (Å²) in [6.45, 7) is 4.30. The molecule has 1 aromatic heterocycles. The van der Waals surface area contributed by atoms with E-state index >= 15 is 0 Å². The van der Waals surface area contributed by atoms with E-state index in [0.717, 1.165) is 30.6 Å². The van der Waals surface area contributed by atoms with E-state index in [1.165, 1.54) is 55.5 Å². The Morgan fingerprint density at radius 1 is 1.00 bits per heavy atom. The summed E-state index contributed by atoms with van der Waals surface area (Å²) in [4.78, 5) is 7.81. The van der Waals surface area contributed by atoms with Gasteiger partial charge in [-0.05, 0) is 46.4 Å². The Bertz CT molecular complexity index is 1030. The van der Waals surface area contributed by atoms with Gasteiger partial charge in [0.05, 0.1) is 5.54 Å². The average Bonchev–Trinajstić information content (AvgIpc) is 3.56. The molecule has 31 heavy (non-hydrogen) atoms. The molecule has 1 spiro atoms. The minimum absolute atomic E-state index is 0.201. The highest BCUT2D eigenvalue weighted by molar-refractivity contribution is 5.85. The normalized spacial score (nSPS) is 17.5. The smallest absolute Gasteiger partial charge is 0.180 e. The van der Waals surface area contributed by atoms with Gasteiger partial charge in [0.15, 0.2) is 5.82 Å². The second-order valence-electron chi connectivity index (χ2n) is 8.91. The molecule has 1 fully saturated rings. The molecule has 160 valence electrons. The third-order valence-corrected chi connectivity index (χ3v) is 6.67. The number of nitrogens with one attached hydrogen (secondary N) is 1. The van der Waals surface area contributed by atoms with E-state index in [1.807, 2.05) is 12.1 Å². The van der Waals surface area contributed by atoms with Crippen molar-refractivity contribution in [2.75, 3.05) is 6.54 Å². The van der Waals surface area contributed by atoms with Crippen LogP contribution in [-0.4, -0.2) is 43.4 Å². The van der Waals surface area contributed by atoms with Gasteiger partial charge >= 0.3 is 0 Å². The number of hydrogen-bond acceptors (Lipinski definition) is 5. The first-order valence-electron chi connectivity index (χ1n) is 11.5. The molecule has 6 heteroatoms. The van der Waals surface area contributed by atoms with Crippen LogP contribution in [0.25, 0.3) is 22.5 Å². The Morgan fingerprint density at radius 3 is 2.48 bits per heavy atom. The maximum atomic E-state index is 5.26. The van der Waals surface area contributed by atoms with Gasteiger partial charge in [-0.3, -0.25) is 4.99 Å². The van der Waals surface area contributed by atoms with Crippen LogP contribution in [0.2, 0.25) is 0 Å². The summed E-state index contributed by atoms with van der Waals surface area (Å²) in [7, 11) is 0. The summed E-state index contributed by atoms with van der Waals surface area (Å²) in [6, 6.07) is 17.2. The van der Waals surface area contributed by atoms with Crippen molar-refractivity contribution in [2.24, 2.45) is 4.99 Å². The van der Waals surface area contributed by atoms with Crippen LogP contribution in [0, 0.1) is 0 Å². The van der Waals surface area contributed by atoms with Crippen molar-refractivity contribution >= 4 is 5.84 Å². The minimum Gasteiger partial charge on any atom is -0.354 e. The fourth-order valence-corrected chi connectivity index (χ4v) is 5.05. The number of rotatable bonds is 7. The highest BCUT2D eigenvalue weighted by Crippen LogP contribution is 2.39. The molecule has 5 rings (SSSR count). The number of hydrogen-bond donors (Lipinski definition) is 1. The number of aromatic amines is 1. The van der Waals surface area contributed by atoms with Gasteiger partial charge in [-0.15, -0.1) is 5.10 Å². The first-order valence-corrected chi connectivity index (χ1v) is 11.5. The highest BCUT2D eigenvalue weighted by atomic mass is 15.5. The lowest BCUT2D eigenvalue weighted by atomic mass is 9.97. The maximum Gasteiger partial charge on any atom is 0.180 e. The van der Waals surface area contributed by atoms with Crippen molar-refractivity contribution in [1.82, 2.24) is 25.5 Å². The van der Waals surface area contributed by atoms with E-state index in [-0.39, 0.29) is 5.54 Å². The van der Waals surface area contributed by atoms with Crippen molar-refractivity contribution in [2.45, 2.75) is 64.0 Å². The average molecular weight is 415 g/mol. The molecule has 6 nitrogen and oxygen atoms in total.